The average molecular weight is 241 g/mol. The van der Waals surface area contributed by atoms with Crippen molar-refractivity contribution in [1.82, 2.24) is 4.90 Å². The lowest BCUT2D eigenvalue weighted by Gasteiger charge is -2.43. The number of carboxylic acid groups (broad SMARTS) is 1. The lowest BCUT2D eigenvalue weighted by molar-refractivity contribution is -0.139. The van der Waals surface area contributed by atoms with Crippen molar-refractivity contribution < 1.29 is 9.90 Å². The van der Waals surface area contributed by atoms with E-state index in [0.29, 0.717) is 6.54 Å². The summed E-state index contributed by atoms with van der Waals surface area (Å²) in [6.07, 6.45) is 6.42. The van der Waals surface area contributed by atoms with E-state index in [4.69, 9.17) is 11.5 Å². The lowest BCUT2D eigenvalue weighted by atomic mass is 9.81. The van der Waals surface area contributed by atoms with Gasteiger partial charge in [0.2, 0.25) is 0 Å². The number of hydrogen-bond acceptors (Lipinski definition) is 3. The maximum absolute atomic E-state index is 10.8. The first-order valence-corrected chi connectivity index (χ1v) is 6.60. The molecule has 1 unspecified atom stereocenters. The van der Waals surface area contributed by atoms with Crippen molar-refractivity contribution in [1.29, 1.82) is 0 Å². The Labute approximate surface area is 102 Å². The number of rotatable bonds is 4. The Hall–Kier alpha value is -0.660. The number of nitrogens with zero attached hydrogens (tertiary/aromatic N) is 1. The van der Waals surface area contributed by atoms with Crippen molar-refractivity contribution in [2.75, 3.05) is 24.6 Å². The largest absolute Gasteiger partial charge is 0.480 e. The fourth-order valence-corrected chi connectivity index (χ4v) is 3.81. The van der Waals surface area contributed by atoms with Crippen LogP contribution in [0.25, 0.3) is 0 Å². The van der Waals surface area contributed by atoms with Crippen LogP contribution < -0.4 is 0 Å². The van der Waals surface area contributed by atoms with E-state index in [0.717, 1.165) is 17.9 Å². The first-order valence-electron chi connectivity index (χ1n) is 5.44. The second-order valence-corrected chi connectivity index (χ2v) is 5.98. The van der Waals surface area contributed by atoms with Crippen molar-refractivity contribution in [3.63, 3.8) is 0 Å². The zero-order chi connectivity index (χ0) is 12.2. The van der Waals surface area contributed by atoms with Gasteiger partial charge < -0.3 is 5.11 Å². The van der Waals surface area contributed by atoms with Crippen LogP contribution in [0, 0.1) is 17.8 Å². The number of aliphatic carboxylic acids is 1. The number of hydrogen-bond donors (Lipinski definition) is 1. The van der Waals surface area contributed by atoms with Gasteiger partial charge >= 0.3 is 5.97 Å². The van der Waals surface area contributed by atoms with E-state index in [9.17, 15) is 4.79 Å². The third-order valence-electron chi connectivity index (χ3n) is 3.14. The van der Waals surface area contributed by atoms with Crippen LogP contribution >= 0.6 is 11.8 Å². The highest BCUT2D eigenvalue weighted by Gasteiger charge is 2.36. The minimum Gasteiger partial charge on any atom is -0.480 e. The van der Waals surface area contributed by atoms with Gasteiger partial charge in [-0.3, -0.25) is 9.69 Å². The van der Waals surface area contributed by atoms with Gasteiger partial charge in [0.05, 0.1) is 13.1 Å². The van der Waals surface area contributed by atoms with Crippen LogP contribution in [-0.2, 0) is 4.79 Å². The van der Waals surface area contributed by atoms with Crippen LogP contribution in [0.2, 0.25) is 0 Å². The van der Waals surface area contributed by atoms with Crippen LogP contribution in [-0.4, -0.2) is 46.6 Å². The predicted octanol–water partition coefficient (Wildman–Crippen LogP) is 1.54. The molecule has 0 radical (unpaired) electrons. The molecular weight excluding hydrogens is 222 g/mol. The molecule has 1 saturated heterocycles. The normalized spacial score (nSPS) is 24.0. The third-order valence-corrected chi connectivity index (χ3v) is 4.19. The predicted molar refractivity (Wildman–Crippen MR) is 67.6 cm³/mol. The molecule has 0 aromatic heterocycles. The molecule has 0 saturated carbocycles. The van der Waals surface area contributed by atoms with Crippen molar-refractivity contribution in [2.45, 2.75) is 26.3 Å². The van der Waals surface area contributed by atoms with Gasteiger partial charge in [-0.05, 0) is 17.6 Å². The van der Waals surface area contributed by atoms with Gasteiger partial charge in [0, 0.05) is 11.8 Å². The molecule has 1 atom stereocenters. The van der Waals surface area contributed by atoms with Crippen molar-refractivity contribution in [2.24, 2.45) is 5.41 Å². The lowest BCUT2D eigenvalue weighted by Crippen LogP contribution is -2.51. The van der Waals surface area contributed by atoms with Gasteiger partial charge in [-0.15, -0.1) is 6.42 Å². The molecule has 4 heteroatoms. The summed E-state index contributed by atoms with van der Waals surface area (Å²) in [4.78, 5) is 12.7. The van der Waals surface area contributed by atoms with E-state index < -0.39 is 5.97 Å². The molecule has 0 bridgehead atoms. The molecule has 1 rings (SSSR count). The quantitative estimate of drug-likeness (QED) is 0.758. The van der Waals surface area contributed by atoms with E-state index in [1.807, 2.05) is 16.7 Å². The van der Waals surface area contributed by atoms with Crippen molar-refractivity contribution in [3.05, 3.63) is 0 Å². The first kappa shape index (κ1) is 13.4. The number of carboxylic acids is 1. The van der Waals surface area contributed by atoms with Gasteiger partial charge in [0.1, 0.15) is 0 Å². The van der Waals surface area contributed by atoms with Crippen LogP contribution in [0.1, 0.15) is 20.3 Å². The molecule has 1 fully saturated rings. The molecule has 3 nitrogen and oxygen atoms in total. The molecule has 1 aliphatic rings. The zero-order valence-corrected chi connectivity index (χ0v) is 10.7. The Bertz CT molecular complexity index is 296. The highest BCUT2D eigenvalue weighted by Crippen LogP contribution is 2.37. The summed E-state index contributed by atoms with van der Waals surface area (Å²) in [6.45, 7) is 4.85. The second kappa shape index (κ2) is 5.60. The molecule has 16 heavy (non-hydrogen) atoms. The van der Waals surface area contributed by atoms with E-state index in [2.05, 4.69) is 19.8 Å². The summed E-state index contributed by atoms with van der Waals surface area (Å²) in [6, 6.07) is 0.262. The molecular formula is C12H19NO2S. The summed E-state index contributed by atoms with van der Waals surface area (Å²) in [5, 5.41) is 8.89. The Morgan fingerprint density at radius 3 is 2.88 bits per heavy atom. The third kappa shape index (κ3) is 3.43. The van der Waals surface area contributed by atoms with Gasteiger partial charge in [-0.1, -0.05) is 19.8 Å². The van der Waals surface area contributed by atoms with E-state index in [1.54, 1.807) is 0 Å². The molecule has 0 aromatic rings. The highest BCUT2D eigenvalue weighted by atomic mass is 32.2. The smallest absolute Gasteiger partial charge is 0.317 e. The van der Waals surface area contributed by atoms with E-state index in [1.165, 1.54) is 0 Å². The van der Waals surface area contributed by atoms with E-state index in [-0.39, 0.29) is 18.0 Å². The summed E-state index contributed by atoms with van der Waals surface area (Å²) >= 11 is 1.88. The summed E-state index contributed by atoms with van der Waals surface area (Å²) < 4.78 is 0. The molecule has 0 aliphatic carbocycles. The average Bonchev–Trinajstić information content (AvgIpc) is 2.15. The van der Waals surface area contributed by atoms with E-state index >= 15 is 0 Å². The van der Waals surface area contributed by atoms with Crippen LogP contribution in [0.5, 0.6) is 0 Å². The summed E-state index contributed by atoms with van der Waals surface area (Å²) in [5.74, 6) is 3.88. The van der Waals surface area contributed by atoms with Crippen molar-refractivity contribution in [3.8, 4) is 12.3 Å². The van der Waals surface area contributed by atoms with Gasteiger partial charge in [-0.2, -0.15) is 11.8 Å². The molecule has 90 valence electrons. The highest BCUT2D eigenvalue weighted by molar-refractivity contribution is 7.99. The fraction of sp³-hybridized carbons (Fsp3) is 0.750. The summed E-state index contributed by atoms with van der Waals surface area (Å²) in [7, 11) is 0. The first-order chi connectivity index (χ1) is 7.47. The Balaban J connectivity index is 2.75. The zero-order valence-electron chi connectivity index (χ0n) is 9.90. The second-order valence-electron chi connectivity index (χ2n) is 4.83. The standard InChI is InChI=1S/C12H19NO2S/c1-4-6-13(8-11(14)15)10-9-16-7-5-12(10,2)3/h1,10H,5-9H2,2-3H3,(H,14,15). The summed E-state index contributed by atoms with van der Waals surface area (Å²) in [5.41, 5.74) is 0.150. The molecule has 0 spiro atoms. The van der Waals surface area contributed by atoms with Crippen LogP contribution in [0.4, 0.5) is 0 Å². The van der Waals surface area contributed by atoms with Crippen LogP contribution in [0.3, 0.4) is 0 Å². The molecule has 1 N–H and O–H groups in total. The maximum atomic E-state index is 10.8. The number of terminal acetylenes is 1. The molecule has 0 amide bonds. The van der Waals surface area contributed by atoms with Crippen molar-refractivity contribution >= 4 is 17.7 Å². The Morgan fingerprint density at radius 2 is 2.38 bits per heavy atom. The van der Waals surface area contributed by atoms with Gasteiger partial charge in [-0.25, -0.2) is 0 Å². The minimum absolute atomic E-state index is 0.0405. The Morgan fingerprint density at radius 1 is 1.69 bits per heavy atom. The molecule has 1 heterocycles. The monoisotopic (exact) mass is 241 g/mol. The number of carbonyl (C=O) groups is 1. The topological polar surface area (TPSA) is 40.5 Å². The Kier molecular flexibility index (Phi) is 4.69. The number of thioether (sulfide) groups is 1. The molecule has 1 aliphatic heterocycles. The molecule has 0 aromatic carbocycles. The maximum Gasteiger partial charge on any atom is 0.317 e. The SMILES string of the molecule is C#CCN(CC(=O)O)C1CSCCC1(C)C. The van der Waals surface area contributed by atoms with Gasteiger partial charge in [0.25, 0.3) is 0 Å². The fourth-order valence-electron chi connectivity index (χ4n) is 2.09. The van der Waals surface area contributed by atoms with Gasteiger partial charge in [0.15, 0.2) is 0 Å². The van der Waals surface area contributed by atoms with Crippen LogP contribution in [0.15, 0.2) is 0 Å². The minimum atomic E-state index is -0.804.